The van der Waals surface area contributed by atoms with Gasteiger partial charge in [0.15, 0.2) is 0 Å². The summed E-state index contributed by atoms with van der Waals surface area (Å²) >= 11 is 0. The molecule has 0 radical (unpaired) electrons. The van der Waals surface area contributed by atoms with Gasteiger partial charge in [-0.25, -0.2) is 0 Å². The first-order chi connectivity index (χ1) is 24.8. The second-order valence-corrected chi connectivity index (χ2v) is 13.6. The second kappa shape index (κ2) is 9.49. The summed E-state index contributed by atoms with van der Waals surface area (Å²) in [5.74, 6) is 0. The van der Waals surface area contributed by atoms with Gasteiger partial charge in [0.05, 0.1) is 16.4 Å². The van der Waals surface area contributed by atoms with Crippen molar-refractivity contribution in [3.63, 3.8) is 0 Å². The fraction of sp³-hybridized carbons (Fsp3) is 0. The molecule has 0 fully saturated rings. The van der Waals surface area contributed by atoms with Gasteiger partial charge in [-0.2, -0.15) is 0 Å². The molecule has 0 unspecified atom stereocenters. The van der Waals surface area contributed by atoms with Crippen LogP contribution in [-0.2, 0) is 0 Å². The Morgan fingerprint density at radius 3 is 1.90 bits per heavy atom. The Morgan fingerprint density at radius 2 is 1.02 bits per heavy atom. The molecule has 1 aliphatic rings. The van der Waals surface area contributed by atoms with Crippen LogP contribution in [0.15, 0.2) is 168 Å². The van der Waals surface area contributed by atoms with Crippen LogP contribution < -0.4 is 0 Å². The molecule has 2 heterocycles. The van der Waals surface area contributed by atoms with Gasteiger partial charge in [-0.05, 0) is 90.6 Å². The van der Waals surface area contributed by atoms with E-state index in [4.69, 9.17) is 4.42 Å². The van der Waals surface area contributed by atoms with Crippen LogP contribution in [0.1, 0.15) is 0 Å². The van der Waals surface area contributed by atoms with E-state index in [-0.39, 0.29) is 0 Å². The second-order valence-electron chi connectivity index (χ2n) is 13.6. The maximum atomic E-state index is 6.64. The lowest BCUT2D eigenvalue weighted by molar-refractivity contribution is 0.673. The van der Waals surface area contributed by atoms with E-state index in [9.17, 15) is 0 Å². The molecule has 11 aromatic rings. The largest absolute Gasteiger partial charge is 0.455 e. The predicted molar refractivity (Wildman–Crippen MR) is 210 cm³/mol. The zero-order valence-electron chi connectivity index (χ0n) is 26.9. The molecule has 0 saturated carbocycles. The lowest BCUT2D eigenvalue weighted by Gasteiger charge is -2.13. The lowest BCUT2D eigenvalue weighted by Crippen LogP contribution is -1.95. The molecule has 0 aliphatic heterocycles. The molecule has 0 atom stereocenters. The Balaban J connectivity index is 1.10. The van der Waals surface area contributed by atoms with Crippen molar-refractivity contribution < 1.29 is 4.42 Å². The highest BCUT2D eigenvalue weighted by molar-refractivity contribution is 6.35. The van der Waals surface area contributed by atoms with Gasteiger partial charge in [0.1, 0.15) is 11.2 Å². The minimum absolute atomic E-state index is 0.912. The summed E-state index contributed by atoms with van der Waals surface area (Å²) in [6.45, 7) is 0. The summed E-state index contributed by atoms with van der Waals surface area (Å²) in [7, 11) is 0. The molecule has 2 heteroatoms. The maximum absolute atomic E-state index is 6.64. The van der Waals surface area contributed by atoms with Crippen molar-refractivity contribution in [3.05, 3.63) is 164 Å². The number of aromatic nitrogens is 1. The fourth-order valence-corrected chi connectivity index (χ4v) is 8.99. The minimum atomic E-state index is 0.912. The Hall–Kier alpha value is -6.64. The molecule has 12 rings (SSSR count). The predicted octanol–water partition coefficient (Wildman–Crippen LogP) is 13.5. The van der Waals surface area contributed by atoms with Crippen LogP contribution in [0.2, 0.25) is 0 Å². The number of hydrogen-bond acceptors (Lipinski definition) is 1. The highest BCUT2D eigenvalue weighted by Crippen LogP contribution is 2.50. The van der Waals surface area contributed by atoms with Gasteiger partial charge in [-0.1, -0.05) is 133 Å². The van der Waals surface area contributed by atoms with Crippen molar-refractivity contribution in [3.8, 4) is 39.1 Å². The highest BCUT2D eigenvalue weighted by atomic mass is 16.3. The van der Waals surface area contributed by atoms with Crippen LogP contribution in [0.3, 0.4) is 0 Å². The smallest absolute Gasteiger partial charge is 0.145 e. The number of benzene rings is 9. The van der Waals surface area contributed by atoms with Crippen molar-refractivity contribution in [1.29, 1.82) is 0 Å². The number of para-hydroxylation sites is 2. The molecule has 0 N–H and O–H groups in total. The van der Waals surface area contributed by atoms with Crippen LogP contribution in [-0.4, -0.2) is 4.57 Å². The molecule has 0 spiro atoms. The minimum Gasteiger partial charge on any atom is -0.455 e. The number of nitrogens with zero attached hydrogens (tertiary/aromatic N) is 1. The van der Waals surface area contributed by atoms with Gasteiger partial charge < -0.3 is 8.98 Å². The zero-order valence-corrected chi connectivity index (χ0v) is 26.9. The van der Waals surface area contributed by atoms with Crippen molar-refractivity contribution in [2.45, 2.75) is 0 Å². The van der Waals surface area contributed by atoms with Gasteiger partial charge in [0, 0.05) is 27.2 Å². The van der Waals surface area contributed by atoms with Gasteiger partial charge in [-0.15, -0.1) is 0 Å². The summed E-state index contributed by atoms with van der Waals surface area (Å²) < 4.78 is 9.09. The summed E-state index contributed by atoms with van der Waals surface area (Å²) in [6.07, 6.45) is 0. The van der Waals surface area contributed by atoms with Crippen molar-refractivity contribution in [1.82, 2.24) is 4.57 Å². The number of furan rings is 1. The summed E-state index contributed by atoms with van der Waals surface area (Å²) in [5, 5.41) is 12.3. The summed E-state index contributed by atoms with van der Waals surface area (Å²) in [6, 6.07) is 59.9. The first-order valence-electron chi connectivity index (χ1n) is 17.3. The van der Waals surface area contributed by atoms with E-state index in [1.165, 1.54) is 82.1 Å². The molecular formula is C48H27NO. The van der Waals surface area contributed by atoms with Gasteiger partial charge >= 0.3 is 0 Å². The third kappa shape index (κ3) is 3.32. The normalized spacial score (nSPS) is 12.4. The van der Waals surface area contributed by atoms with Crippen LogP contribution in [0.4, 0.5) is 0 Å². The first-order valence-corrected chi connectivity index (χ1v) is 17.3. The van der Waals surface area contributed by atoms with Crippen molar-refractivity contribution >= 4 is 76.1 Å². The molecule has 0 amide bonds. The van der Waals surface area contributed by atoms with E-state index in [0.717, 1.165) is 33.0 Å². The Kier molecular flexibility index (Phi) is 5.00. The summed E-state index contributed by atoms with van der Waals surface area (Å²) in [5.41, 5.74) is 13.2. The number of hydrogen-bond donors (Lipinski definition) is 0. The van der Waals surface area contributed by atoms with Crippen molar-refractivity contribution in [2.24, 2.45) is 0 Å². The molecule has 1 aliphatic carbocycles. The molecule has 0 saturated heterocycles. The van der Waals surface area contributed by atoms with E-state index in [2.05, 4.69) is 168 Å². The molecule has 50 heavy (non-hydrogen) atoms. The Labute approximate surface area is 287 Å². The molecule has 230 valence electrons. The first kappa shape index (κ1) is 26.3. The van der Waals surface area contributed by atoms with E-state index in [1.54, 1.807) is 0 Å². The maximum Gasteiger partial charge on any atom is 0.145 e. The molecule has 2 aromatic heterocycles. The molecule has 9 aromatic carbocycles. The van der Waals surface area contributed by atoms with Crippen molar-refractivity contribution in [2.75, 3.05) is 0 Å². The average Bonchev–Trinajstić information content (AvgIpc) is 3.84. The van der Waals surface area contributed by atoms with E-state index >= 15 is 0 Å². The van der Waals surface area contributed by atoms with Crippen LogP contribution in [0, 0.1) is 0 Å². The monoisotopic (exact) mass is 633 g/mol. The Bertz CT molecular complexity index is 3240. The standard InChI is InChI=1S/C48H27NO/c1-2-11-34-33(10-1)36-17-9-16-35-32(24-25-38(34)44(35)36)30-21-20-29-27-31(23-22-28(29)26-30)49-42-18-7-5-14-40(42)45-37-12-3-4-13-39(37)48-46(47(45)49)41-15-6-8-19-43(41)50-48/h1-27H. The summed E-state index contributed by atoms with van der Waals surface area (Å²) in [4.78, 5) is 0. The zero-order chi connectivity index (χ0) is 32.5. The topological polar surface area (TPSA) is 18.1 Å². The molecular weight excluding hydrogens is 607 g/mol. The van der Waals surface area contributed by atoms with Gasteiger partial charge in [0.2, 0.25) is 0 Å². The third-order valence-corrected chi connectivity index (χ3v) is 11.1. The van der Waals surface area contributed by atoms with E-state index < -0.39 is 0 Å². The van der Waals surface area contributed by atoms with Crippen LogP contribution >= 0.6 is 0 Å². The highest BCUT2D eigenvalue weighted by Gasteiger charge is 2.24. The quantitative estimate of drug-likeness (QED) is 0.185. The third-order valence-electron chi connectivity index (χ3n) is 11.1. The fourth-order valence-electron chi connectivity index (χ4n) is 8.99. The lowest BCUT2D eigenvalue weighted by atomic mass is 9.93. The SMILES string of the molecule is c1ccc2c(c1)-c1cccc3c(-c4ccc5cc(-n6c7ccccc7c7c8ccccc8c8oc9ccccc9c8c76)ccc5c4)ccc-2c13. The number of fused-ring (bicyclic) bond motifs is 14. The van der Waals surface area contributed by atoms with Crippen LogP contribution in [0.5, 0.6) is 0 Å². The molecule has 2 nitrogen and oxygen atoms in total. The Morgan fingerprint density at radius 1 is 0.380 bits per heavy atom. The number of rotatable bonds is 2. The van der Waals surface area contributed by atoms with Crippen LogP contribution in [0.25, 0.3) is 115 Å². The van der Waals surface area contributed by atoms with E-state index in [0.29, 0.717) is 0 Å². The van der Waals surface area contributed by atoms with Gasteiger partial charge in [-0.3, -0.25) is 0 Å². The molecule has 0 bridgehead atoms. The van der Waals surface area contributed by atoms with Gasteiger partial charge in [0.25, 0.3) is 0 Å². The van der Waals surface area contributed by atoms with E-state index in [1.807, 2.05) is 0 Å². The average molecular weight is 634 g/mol.